The summed E-state index contributed by atoms with van der Waals surface area (Å²) in [5.74, 6) is 1.21. The molecule has 0 spiro atoms. The van der Waals surface area contributed by atoms with E-state index in [2.05, 4.69) is 11.4 Å². The zero-order valence-corrected chi connectivity index (χ0v) is 12.2. The standard InChI is InChI=1S/C17H22N2O2/c18-11-17(14-3-4-14,19-15-5-6-15)12-21-16-7-1-13(2-8-16)9-10-20/h1-2,7-8,14-15,19-20H,3-6,9-10,12H2. The van der Waals surface area contributed by atoms with Crippen molar-refractivity contribution in [3.63, 3.8) is 0 Å². The Labute approximate surface area is 125 Å². The molecule has 2 aliphatic carbocycles. The van der Waals surface area contributed by atoms with E-state index in [0.717, 1.165) is 24.2 Å². The first-order valence-corrected chi connectivity index (χ1v) is 7.77. The molecule has 0 aliphatic heterocycles. The lowest BCUT2D eigenvalue weighted by Crippen LogP contribution is -2.52. The van der Waals surface area contributed by atoms with Crippen LogP contribution in [0.2, 0.25) is 0 Å². The first-order valence-electron chi connectivity index (χ1n) is 7.77. The number of rotatable bonds is 8. The second-order valence-electron chi connectivity index (χ2n) is 6.18. The molecule has 0 amide bonds. The fourth-order valence-electron chi connectivity index (χ4n) is 2.68. The van der Waals surface area contributed by atoms with Crippen molar-refractivity contribution in [1.29, 1.82) is 5.26 Å². The van der Waals surface area contributed by atoms with E-state index in [1.165, 1.54) is 12.8 Å². The molecular formula is C17H22N2O2. The molecule has 0 radical (unpaired) electrons. The number of hydrogen-bond donors (Lipinski definition) is 2. The third-order valence-electron chi connectivity index (χ3n) is 4.30. The molecule has 4 nitrogen and oxygen atoms in total. The minimum absolute atomic E-state index is 0.157. The van der Waals surface area contributed by atoms with Crippen LogP contribution in [0.3, 0.4) is 0 Å². The number of nitrogens with zero attached hydrogens (tertiary/aromatic N) is 1. The van der Waals surface area contributed by atoms with Crippen molar-refractivity contribution in [2.45, 2.75) is 43.7 Å². The van der Waals surface area contributed by atoms with Crippen molar-refractivity contribution >= 4 is 0 Å². The highest BCUT2D eigenvalue weighted by Gasteiger charge is 2.49. The van der Waals surface area contributed by atoms with Crippen molar-refractivity contribution < 1.29 is 9.84 Å². The Balaban J connectivity index is 1.62. The van der Waals surface area contributed by atoms with Crippen molar-refractivity contribution in [3.8, 4) is 11.8 Å². The van der Waals surface area contributed by atoms with Gasteiger partial charge in [-0.3, -0.25) is 5.32 Å². The number of benzene rings is 1. The maximum atomic E-state index is 9.64. The molecule has 1 atom stereocenters. The summed E-state index contributed by atoms with van der Waals surface area (Å²) in [7, 11) is 0. The van der Waals surface area contributed by atoms with Crippen molar-refractivity contribution in [1.82, 2.24) is 5.32 Å². The Morgan fingerprint density at radius 2 is 1.95 bits per heavy atom. The SMILES string of the molecule is N#CC(COc1ccc(CCO)cc1)(NC1CC1)C1CC1. The molecule has 0 aromatic heterocycles. The van der Waals surface area contributed by atoms with E-state index in [9.17, 15) is 5.26 Å². The van der Waals surface area contributed by atoms with E-state index >= 15 is 0 Å². The zero-order valence-electron chi connectivity index (χ0n) is 12.2. The molecule has 1 aromatic rings. The Kier molecular flexibility index (Phi) is 4.14. The van der Waals surface area contributed by atoms with Gasteiger partial charge in [-0.2, -0.15) is 5.26 Å². The minimum Gasteiger partial charge on any atom is -0.491 e. The lowest BCUT2D eigenvalue weighted by atomic mass is 9.96. The lowest BCUT2D eigenvalue weighted by molar-refractivity contribution is 0.200. The summed E-state index contributed by atoms with van der Waals surface area (Å²) in [5, 5.41) is 22.0. The van der Waals surface area contributed by atoms with Gasteiger partial charge in [0.25, 0.3) is 0 Å². The van der Waals surface area contributed by atoms with Gasteiger partial charge >= 0.3 is 0 Å². The molecule has 2 N–H and O–H groups in total. The predicted molar refractivity (Wildman–Crippen MR) is 80.0 cm³/mol. The third-order valence-corrected chi connectivity index (χ3v) is 4.30. The fourth-order valence-corrected chi connectivity index (χ4v) is 2.68. The number of aliphatic hydroxyl groups excluding tert-OH is 1. The highest BCUT2D eigenvalue weighted by atomic mass is 16.5. The number of aliphatic hydroxyl groups is 1. The molecule has 0 saturated heterocycles. The third kappa shape index (κ3) is 3.55. The van der Waals surface area contributed by atoms with Crippen LogP contribution in [-0.4, -0.2) is 29.9 Å². The van der Waals surface area contributed by atoms with Gasteiger partial charge in [0.2, 0.25) is 0 Å². The lowest BCUT2D eigenvalue weighted by Gasteiger charge is -2.28. The molecule has 2 fully saturated rings. The fraction of sp³-hybridized carbons (Fsp3) is 0.588. The number of hydrogen-bond acceptors (Lipinski definition) is 4. The Morgan fingerprint density at radius 3 is 2.48 bits per heavy atom. The van der Waals surface area contributed by atoms with Crippen LogP contribution in [0.1, 0.15) is 31.2 Å². The second-order valence-corrected chi connectivity index (χ2v) is 6.18. The number of nitrogens with one attached hydrogen (secondary N) is 1. The Hall–Kier alpha value is -1.57. The smallest absolute Gasteiger partial charge is 0.144 e. The van der Waals surface area contributed by atoms with Gasteiger partial charge in [0.05, 0.1) is 6.07 Å². The normalized spacial score (nSPS) is 20.6. The van der Waals surface area contributed by atoms with E-state index in [4.69, 9.17) is 9.84 Å². The van der Waals surface area contributed by atoms with Gasteiger partial charge in [0.15, 0.2) is 0 Å². The average Bonchev–Trinajstić information content (AvgIpc) is 3.38. The van der Waals surface area contributed by atoms with Gasteiger partial charge in [-0.15, -0.1) is 0 Å². The van der Waals surface area contributed by atoms with Gasteiger partial charge in [0.1, 0.15) is 17.9 Å². The van der Waals surface area contributed by atoms with Gasteiger partial charge in [-0.05, 0) is 55.7 Å². The van der Waals surface area contributed by atoms with Gasteiger partial charge in [-0.1, -0.05) is 12.1 Å². The van der Waals surface area contributed by atoms with E-state index in [1.54, 1.807) is 0 Å². The molecule has 4 heteroatoms. The zero-order chi connectivity index (χ0) is 14.7. The first-order chi connectivity index (χ1) is 10.3. The predicted octanol–water partition coefficient (Wildman–Crippen LogP) is 2.02. The molecule has 2 aliphatic rings. The molecule has 0 bridgehead atoms. The summed E-state index contributed by atoms with van der Waals surface area (Å²) in [4.78, 5) is 0. The van der Waals surface area contributed by atoms with Crippen LogP contribution >= 0.6 is 0 Å². The second kappa shape index (κ2) is 6.05. The van der Waals surface area contributed by atoms with Crippen molar-refractivity contribution in [2.24, 2.45) is 5.92 Å². The topological polar surface area (TPSA) is 65.3 Å². The van der Waals surface area contributed by atoms with Crippen LogP contribution in [0, 0.1) is 17.2 Å². The summed E-state index contributed by atoms with van der Waals surface area (Å²) < 4.78 is 5.88. The first kappa shape index (κ1) is 14.4. The van der Waals surface area contributed by atoms with E-state index in [1.807, 2.05) is 24.3 Å². The quantitative estimate of drug-likeness (QED) is 0.767. The highest BCUT2D eigenvalue weighted by Crippen LogP contribution is 2.41. The molecule has 3 rings (SSSR count). The molecule has 21 heavy (non-hydrogen) atoms. The molecule has 1 unspecified atom stereocenters. The Bertz CT molecular complexity index is 515. The van der Waals surface area contributed by atoms with Gasteiger partial charge < -0.3 is 9.84 Å². The van der Waals surface area contributed by atoms with Gasteiger partial charge in [0, 0.05) is 12.6 Å². The van der Waals surface area contributed by atoms with E-state index in [-0.39, 0.29) is 6.61 Å². The molecule has 1 aromatic carbocycles. The maximum Gasteiger partial charge on any atom is 0.144 e. The number of ether oxygens (including phenoxy) is 1. The highest BCUT2D eigenvalue weighted by molar-refractivity contribution is 5.28. The van der Waals surface area contributed by atoms with E-state index < -0.39 is 5.54 Å². The van der Waals surface area contributed by atoms with Crippen LogP contribution < -0.4 is 10.1 Å². The van der Waals surface area contributed by atoms with Crippen LogP contribution in [0.25, 0.3) is 0 Å². The molecular weight excluding hydrogens is 264 g/mol. The summed E-state index contributed by atoms with van der Waals surface area (Å²) >= 11 is 0. The van der Waals surface area contributed by atoms with Crippen LogP contribution in [-0.2, 0) is 6.42 Å². The monoisotopic (exact) mass is 286 g/mol. The molecule has 0 heterocycles. The number of nitriles is 1. The Morgan fingerprint density at radius 1 is 1.24 bits per heavy atom. The van der Waals surface area contributed by atoms with Crippen molar-refractivity contribution in [2.75, 3.05) is 13.2 Å². The van der Waals surface area contributed by atoms with Crippen LogP contribution in [0.15, 0.2) is 24.3 Å². The summed E-state index contributed by atoms with van der Waals surface area (Å²) in [6.07, 6.45) is 5.24. The molecule has 2 saturated carbocycles. The summed E-state index contributed by atoms with van der Waals surface area (Å²) in [6.45, 7) is 0.564. The summed E-state index contributed by atoms with van der Waals surface area (Å²) in [5.41, 5.74) is 0.569. The van der Waals surface area contributed by atoms with Crippen molar-refractivity contribution in [3.05, 3.63) is 29.8 Å². The van der Waals surface area contributed by atoms with Gasteiger partial charge in [-0.25, -0.2) is 0 Å². The minimum atomic E-state index is -0.523. The molecule has 112 valence electrons. The average molecular weight is 286 g/mol. The largest absolute Gasteiger partial charge is 0.491 e. The van der Waals surface area contributed by atoms with Crippen LogP contribution in [0.5, 0.6) is 5.75 Å². The summed E-state index contributed by atoms with van der Waals surface area (Å²) in [6, 6.07) is 10.7. The maximum absolute atomic E-state index is 9.64. The van der Waals surface area contributed by atoms with E-state index in [0.29, 0.717) is 25.0 Å². The van der Waals surface area contributed by atoms with Crippen LogP contribution in [0.4, 0.5) is 0 Å².